The zero-order chi connectivity index (χ0) is 20.3. The number of hydrogen-bond donors (Lipinski definition) is 0. The van der Waals surface area contributed by atoms with Gasteiger partial charge in [0.15, 0.2) is 4.32 Å². The van der Waals surface area contributed by atoms with Gasteiger partial charge in [0, 0.05) is 17.7 Å². The molecule has 144 valence electrons. The van der Waals surface area contributed by atoms with E-state index < -0.39 is 4.92 Å². The Morgan fingerprint density at radius 3 is 2.57 bits per heavy atom. The third-order valence-corrected chi connectivity index (χ3v) is 5.52. The van der Waals surface area contributed by atoms with E-state index >= 15 is 0 Å². The second-order valence-corrected chi connectivity index (χ2v) is 7.84. The summed E-state index contributed by atoms with van der Waals surface area (Å²) in [7, 11) is 0. The van der Waals surface area contributed by atoms with E-state index in [4.69, 9.17) is 17.0 Å². The molecular formula is C20H18N2O4S2. The predicted octanol–water partition coefficient (Wildman–Crippen LogP) is 5.18. The Kier molecular flexibility index (Phi) is 6.11. The van der Waals surface area contributed by atoms with Crippen molar-refractivity contribution in [2.45, 2.75) is 26.4 Å². The number of non-ortho nitro benzene ring substituents is 1. The molecule has 0 saturated carbocycles. The van der Waals surface area contributed by atoms with Gasteiger partial charge in [-0.1, -0.05) is 49.1 Å². The van der Waals surface area contributed by atoms with Gasteiger partial charge in [-0.05, 0) is 37.6 Å². The smallest absolute Gasteiger partial charge is 0.270 e. The summed E-state index contributed by atoms with van der Waals surface area (Å²) in [6.07, 6.45) is 2.70. The van der Waals surface area contributed by atoms with Gasteiger partial charge in [-0.15, -0.1) is 0 Å². The lowest BCUT2D eigenvalue weighted by Crippen LogP contribution is -2.27. The molecule has 0 bridgehead atoms. The van der Waals surface area contributed by atoms with Crippen LogP contribution in [0.3, 0.4) is 0 Å². The van der Waals surface area contributed by atoms with Gasteiger partial charge in [-0.25, -0.2) is 0 Å². The van der Waals surface area contributed by atoms with E-state index in [9.17, 15) is 14.9 Å². The van der Waals surface area contributed by atoms with E-state index in [1.54, 1.807) is 6.08 Å². The van der Waals surface area contributed by atoms with Gasteiger partial charge in [0.1, 0.15) is 5.75 Å². The van der Waals surface area contributed by atoms with Crippen molar-refractivity contribution < 1.29 is 14.5 Å². The number of anilines is 1. The van der Waals surface area contributed by atoms with E-state index in [2.05, 4.69) is 0 Å². The Bertz CT molecular complexity index is 957. The van der Waals surface area contributed by atoms with Crippen LogP contribution in [0.1, 0.15) is 25.8 Å². The van der Waals surface area contributed by atoms with Crippen molar-refractivity contribution in [1.82, 2.24) is 0 Å². The fraction of sp³-hybridized carbons (Fsp3) is 0.200. The number of nitrogens with zero attached hydrogens (tertiary/aromatic N) is 2. The highest BCUT2D eigenvalue weighted by molar-refractivity contribution is 8.27. The standard InChI is InChI=1S/C20H18N2O4S2/c1-3-13(2)26-17-7-5-4-6-14(17)12-18-19(23)21(20(27)28-18)15-8-10-16(11-9-15)22(24)25/h4-13H,3H2,1-2H3/b18-12-/t13-/m0/s1. The minimum Gasteiger partial charge on any atom is -0.490 e. The minimum absolute atomic E-state index is 0.0409. The minimum atomic E-state index is -0.484. The Morgan fingerprint density at radius 1 is 1.25 bits per heavy atom. The number of thiocarbonyl (C=S) groups is 1. The SMILES string of the molecule is CC[C@H](C)Oc1ccccc1/C=C1\SC(=S)N(c2ccc([N+](=O)[O-])cc2)C1=O. The number of benzene rings is 2. The summed E-state index contributed by atoms with van der Waals surface area (Å²) in [5, 5.41) is 10.8. The molecule has 1 fully saturated rings. The van der Waals surface area contributed by atoms with Gasteiger partial charge < -0.3 is 4.74 Å². The van der Waals surface area contributed by atoms with E-state index in [1.165, 1.54) is 40.9 Å². The maximum absolute atomic E-state index is 12.9. The average Bonchev–Trinajstić information content (AvgIpc) is 2.96. The molecule has 0 aliphatic carbocycles. The topological polar surface area (TPSA) is 72.7 Å². The van der Waals surface area contributed by atoms with Gasteiger partial charge in [0.05, 0.1) is 21.6 Å². The van der Waals surface area contributed by atoms with Crippen LogP contribution in [0.2, 0.25) is 0 Å². The fourth-order valence-electron chi connectivity index (χ4n) is 2.56. The molecule has 6 nitrogen and oxygen atoms in total. The first-order valence-corrected chi connectivity index (χ1v) is 9.91. The van der Waals surface area contributed by atoms with Crippen molar-refractivity contribution in [2.24, 2.45) is 0 Å². The van der Waals surface area contributed by atoms with Crippen molar-refractivity contribution in [1.29, 1.82) is 0 Å². The lowest BCUT2D eigenvalue weighted by atomic mass is 10.1. The van der Waals surface area contributed by atoms with Gasteiger partial charge in [-0.3, -0.25) is 19.8 Å². The molecule has 1 heterocycles. The molecule has 8 heteroatoms. The third kappa shape index (κ3) is 4.23. The van der Waals surface area contributed by atoms with E-state index in [0.29, 0.717) is 20.7 Å². The number of carbonyl (C=O) groups excluding carboxylic acids is 1. The van der Waals surface area contributed by atoms with Crippen molar-refractivity contribution in [3.05, 3.63) is 69.1 Å². The third-order valence-electron chi connectivity index (χ3n) is 4.22. The largest absolute Gasteiger partial charge is 0.490 e. The summed E-state index contributed by atoms with van der Waals surface area (Å²) in [4.78, 5) is 25.1. The monoisotopic (exact) mass is 414 g/mol. The maximum Gasteiger partial charge on any atom is 0.270 e. The molecule has 28 heavy (non-hydrogen) atoms. The first kappa shape index (κ1) is 20.0. The number of nitro groups is 1. The summed E-state index contributed by atoms with van der Waals surface area (Å²) < 4.78 is 6.32. The van der Waals surface area contributed by atoms with Gasteiger partial charge in [0.2, 0.25) is 0 Å². The van der Waals surface area contributed by atoms with Crippen LogP contribution in [-0.4, -0.2) is 21.3 Å². The number of para-hydroxylation sites is 1. The molecule has 1 aliphatic rings. The van der Waals surface area contributed by atoms with Crippen molar-refractivity contribution in [2.75, 3.05) is 4.90 Å². The highest BCUT2D eigenvalue weighted by atomic mass is 32.2. The summed E-state index contributed by atoms with van der Waals surface area (Å²) in [6.45, 7) is 4.04. The lowest BCUT2D eigenvalue weighted by Gasteiger charge is -2.15. The summed E-state index contributed by atoms with van der Waals surface area (Å²) in [6, 6.07) is 13.3. The van der Waals surface area contributed by atoms with Crippen LogP contribution in [0.25, 0.3) is 6.08 Å². The number of rotatable bonds is 6. The number of ether oxygens (including phenoxy) is 1. The Labute approximate surface area is 172 Å². The Morgan fingerprint density at radius 2 is 1.93 bits per heavy atom. The van der Waals surface area contributed by atoms with Gasteiger partial charge in [-0.2, -0.15) is 0 Å². The van der Waals surface area contributed by atoms with Crippen LogP contribution < -0.4 is 9.64 Å². The van der Waals surface area contributed by atoms with Crippen LogP contribution in [0.15, 0.2) is 53.4 Å². The number of thioether (sulfide) groups is 1. The summed E-state index contributed by atoms with van der Waals surface area (Å²) in [5.41, 5.74) is 1.26. The first-order valence-electron chi connectivity index (χ1n) is 8.68. The van der Waals surface area contributed by atoms with E-state index in [1.807, 2.05) is 38.1 Å². The molecule has 1 saturated heterocycles. The van der Waals surface area contributed by atoms with Crippen LogP contribution in [0, 0.1) is 10.1 Å². The summed E-state index contributed by atoms with van der Waals surface area (Å²) >= 11 is 6.56. The van der Waals surface area contributed by atoms with Crippen molar-refractivity contribution in [3.63, 3.8) is 0 Å². The molecular weight excluding hydrogens is 396 g/mol. The molecule has 0 spiro atoms. The Hall–Kier alpha value is -2.71. The quantitative estimate of drug-likeness (QED) is 0.281. The first-order chi connectivity index (χ1) is 13.4. The maximum atomic E-state index is 12.9. The van der Waals surface area contributed by atoms with E-state index in [-0.39, 0.29) is 17.7 Å². The van der Waals surface area contributed by atoms with Crippen molar-refractivity contribution in [3.8, 4) is 5.75 Å². The normalized spacial score (nSPS) is 16.5. The number of amides is 1. The van der Waals surface area contributed by atoms with Crippen molar-refractivity contribution >= 4 is 51.7 Å². The second-order valence-electron chi connectivity index (χ2n) is 6.17. The van der Waals surface area contributed by atoms with Crippen LogP contribution in [-0.2, 0) is 4.79 Å². The number of hydrogen-bond acceptors (Lipinski definition) is 6. The van der Waals surface area contributed by atoms with Gasteiger partial charge >= 0.3 is 0 Å². The molecule has 3 rings (SSSR count). The molecule has 0 unspecified atom stereocenters. The van der Waals surface area contributed by atoms with Crippen LogP contribution in [0.5, 0.6) is 5.75 Å². The zero-order valence-corrected chi connectivity index (χ0v) is 17.0. The summed E-state index contributed by atoms with van der Waals surface area (Å²) in [5.74, 6) is 0.444. The molecule has 1 amide bonds. The van der Waals surface area contributed by atoms with E-state index in [0.717, 1.165) is 12.0 Å². The number of nitro benzene ring substituents is 1. The number of carbonyl (C=O) groups is 1. The lowest BCUT2D eigenvalue weighted by molar-refractivity contribution is -0.384. The zero-order valence-electron chi connectivity index (χ0n) is 15.3. The van der Waals surface area contributed by atoms with Crippen LogP contribution >= 0.6 is 24.0 Å². The molecule has 0 radical (unpaired) electrons. The second kappa shape index (κ2) is 8.53. The molecule has 2 aromatic carbocycles. The molecule has 0 aromatic heterocycles. The Balaban J connectivity index is 1.89. The highest BCUT2D eigenvalue weighted by Gasteiger charge is 2.33. The van der Waals surface area contributed by atoms with Gasteiger partial charge in [0.25, 0.3) is 11.6 Å². The molecule has 2 aromatic rings. The average molecular weight is 415 g/mol. The fourth-order valence-corrected chi connectivity index (χ4v) is 3.85. The highest BCUT2D eigenvalue weighted by Crippen LogP contribution is 2.37. The predicted molar refractivity (Wildman–Crippen MR) is 116 cm³/mol. The molecule has 1 atom stereocenters. The molecule has 1 aliphatic heterocycles. The molecule has 0 N–H and O–H groups in total. The van der Waals surface area contributed by atoms with Crippen LogP contribution in [0.4, 0.5) is 11.4 Å².